The summed E-state index contributed by atoms with van der Waals surface area (Å²) in [5.41, 5.74) is 3.31. The minimum atomic E-state index is 0.248. The highest BCUT2D eigenvalue weighted by molar-refractivity contribution is 6.31. The van der Waals surface area contributed by atoms with Crippen molar-refractivity contribution < 1.29 is 0 Å². The summed E-state index contributed by atoms with van der Waals surface area (Å²) in [4.78, 5) is 0. The summed E-state index contributed by atoms with van der Waals surface area (Å²) in [5, 5.41) is 11.8. The molecule has 0 saturated heterocycles. The van der Waals surface area contributed by atoms with Crippen LogP contribution in [0.1, 0.15) is 11.6 Å². The van der Waals surface area contributed by atoms with Crippen molar-refractivity contribution >= 4 is 23.0 Å². The van der Waals surface area contributed by atoms with Gasteiger partial charge in [0.15, 0.2) is 0 Å². The third-order valence-corrected chi connectivity index (χ3v) is 3.17. The van der Waals surface area contributed by atoms with E-state index in [-0.39, 0.29) is 6.04 Å². The van der Waals surface area contributed by atoms with Crippen LogP contribution in [0.25, 0.3) is 0 Å². The highest BCUT2D eigenvalue weighted by atomic mass is 35.5. The molecule has 1 atom stereocenters. The molecule has 17 heavy (non-hydrogen) atoms. The maximum atomic E-state index is 5.95. The van der Waals surface area contributed by atoms with Crippen LogP contribution < -0.4 is 10.6 Å². The largest absolute Gasteiger partial charge is 0.381 e. The van der Waals surface area contributed by atoms with Gasteiger partial charge in [0.25, 0.3) is 0 Å². The summed E-state index contributed by atoms with van der Waals surface area (Å²) in [5.74, 6) is 0. The van der Waals surface area contributed by atoms with Gasteiger partial charge in [-0.25, -0.2) is 0 Å². The standard InChI is InChI=1S/C12H13ClN4/c1-17-7-8(5-15-17)12-6-14-11-4-9(13)2-3-10(11)16-12/h2-5,7,12,14,16H,6H2,1H3. The van der Waals surface area contributed by atoms with Crippen LogP contribution in [0.2, 0.25) is 5.02 Å². The van der Waals surface area contributed by atoms with Gasteiger partial charge < -0.3 is 10.6 Å². The fourth-order valence-corrected chi connectivity index (χ4v) is 2.23. The minimum absolute atomic E-state index is 0.248. The molecule has 0 fully saturated rings. The Morgan fingerprint density at radius 3 is 3.06 bits per heavy atom. The molecule has 0 spiro atoms. The van der Waals surface area contributed by atoms with Crippen LogP contribution in [0.3, 0.4) is 0 Å². The van der Waals surface area contributed by atoms with Crippen LogP contribution in [0.4, 0.5) is 11.4 Å². The summed E-state index contributed by atoms with van der Waals surface area (Å²) in [7, 11) is 1.92. The van der Waals surface area contributed by atoms with Crippen molar-refractivity contribution in [3.05, 3.63) is 41.2 Å². The fraction of sp³-hybridized carbons (Fsp3) is 0.250. The van der Waals surface area contributed by atoms with E-state index in [0.29, 0.717) is 0 Å². The first-order valence-corrected chi connectivity index (χ1v) is 5.89. The molecular weight excluding hydrogens is 236 g/mol. The molecule has 88 valence electrons. The number of aromatic nitrogens is 2. The number of hydrogen-bond donors (Lipinski definition) is 2. The van der Waals surface area contributed by atoms with Crippen molar-refractivity contribution in [2.24, 2.45) is 7.05 Å². The third kappa shape index (κ3) is 1.96. The van der Waals surface area contributed by atoms with Crippen LogP contribution >= 0.6 is 11.6 Å². The lowest BCUT2D eigenvalue weighted by atomic mass is 10.1. The van der Waals surface area contributed by atoms with Gasteiger partial charge in [0, 0.05) is 30.4 Å². The molecule has 1 aromatic heterocycles. The zero-order valence-electron chi connectivity index (χ0n) is 9.44. The molecule has 1 aromatic carbocycles. The lowest BCUT2D eigenvalue weighted by Crippen LogP contribution is -2.25. The Balaban J connectivity index is 1.88. The molecule has 2 N–H and O–H groups in total. The first-order valence-electron chi connectivity index (χ1n) is 5.51. The predicted octanol–water partition coefficient (Wildman–Crippen LogP) is 2.65. The molecule has 0 aliphatic carbocycles. The van der Waals surface area contributed by atoms with Gasteiger partial charge in [-0.2, -0.15) is 5.10 Å². The molecular formula is C12H13ClN4. The maximum Gasteiger partial charge on any atom is 0.0717 e. The van der Waals surface area contributed by atoms with E-state index in [0.717, 1.165) is 22.9 Å². The molecule has 1 unspecified atom stereocenters. The van der Waals surface area contributed by atoms with Gasteiger partial charge in [-0.05, 0) is 18.2 Å². The molecule has 0 amide bonds. The lowest BCUT2D eigenvalue weighted by Gasteiger charge is -2.27. The maximum absolute atomic E-state index is 5.95. The normalized spacial score (nSPS) is 18.1. The summed E-state index contributed by atoms with van der Waals surface area (Å²) in [6.07, 6.45) is 3.92. The van der Waals surface area contributed by atoms with Crippen molar-refractivity contribution in [1.82, 2.24) is 9.78 Å². The van der Waals surface area contributed by atoms with E-state index in [9.17, 15) is 0 Å². The van der Waals surface area contributed by atoms with Crippen LogP contribution in [0, 0.1) is 0 Å². The topological polar surface area (TPSA) is 41.9 Å². The number of benzene rings is 1. The van der Waals surface area contributed by atoms with Gasteiger partial charge in [-0.3, -0.25) is 4.68 Å². The second-order valence-electron chi connectivity index (χ2n) is 4.22. The Kier molecular flexibility index (Phi) is 2.44. The third-order valence-electron chi connectivity index (χ3n) is 2.94. The Hall–Kier alpha value is -1.68. The van der Waals surface area contributed by atoms with Crippen molar-refractivity contribution in [2.45, 2.75) is 6.04 Å². The number of halogens is 1. The zero-order valence-corrected chi connectivity index (χ0v) is 10.2. The molecule has 0 bridgehead atoms. The van der Waals surface area contributed by atoms with E-state index in [2.05, 4.69) is 15.7 Å². The Morgan fingerprint density at radius 2 is 2.29 bits per heavy atom. The van der Waals surface area contributed by atoms with Crippen molar-refractivity contribution in [3.63, 3.8) is 0 Å². The first kappa shape index (κ1) is 10.5. The average molecular weight is 249 g/mol. The van der Waals surface area contributed by atoms with Crippen LogP contribution in [0.15, 0.2) is 30.6 Å². The van der Waals surface area contributed by atoms with E-state index in [1.807, 2.05) is 42.3 Å². The summed E-state index contributed by atoms with van der Waals surface area (Å²) in [6.45, 7) is 0.832. The number of hydrogen-bond acceptors (Lipinski definition) is 3. The van der Waals surface area contributed by atoms with Crippen LogP contribution in [-0.2, 0) is 7.05 Å². The van der Waals surface area contributed by atoms with E-state index in [1.165, 1.54) is 5.56 Å². The average Bonchev–Trinajstić information content (AvgIpc) is 2.75. The number of rotatable bonds is 1. The zero-order chi connectivity index (χ0) is 11.8. The quantitative estimate of drug-likeness (QED) is 0.815. The van der Waals surface area contributed by atoms with E-state index < -0.39 is 0 Å². The highest BCUT2D eigenvalue weighted by Crippen LogP contribution is 2.33. The van der Waals surface area contributed by atoms with Crippen molar-refractivity contribution in [2.75, 3.05) is 17.2 Å². The number of fused-ring (bicyclic) bond motifs is 1. The van der Waals surface area contributed by atoms with Gasteiger partial charge >= 0.3 is 0 Å². The summed E-state index contributed by atoms with van der Waals surface area (Å²) in [6, 6.07) is 6.06. The second-order valence-corrected chi connectivity index (χ2v) is 4.65. The smallest absolute Gasteiger partial charge is 0.0717 e. The molecule has 4 nitrogen and oxygen atoms in total. The molecule has 1 aliphatic rings. The molecule has 2 heterocycles. The highest BCUT2D eigenvalue weighted by Gasteiger charge is 2.19. The molecule has 1 aliphatic heterocycles. The van der Waals surface area contributed by atoms with E-state index in [4.69, 9.17) is 11.6 Å². The first-order chi connectivity index (χ1) is 8.22. The Morgan fingerprint density at radius 1 is 1.41 bits per heavy atom. The molecule has 5 heteroatoms. The SMILES string of the molecule is Cn1cc(C2CNc3cc(Cl)ccc3N2)cn1. The summed E-state index contributed by atoms with van der Waals surface area (Å²) >= 11 is 5.95. The van der Waals surface area contributed by atoms with Crippen LogP contribution in [0.5, 0.6) is 0 Å². The second kappa shape index (κ2) is 3.96. The number of nitrogens with one attached hydrogen (secondary N) is 2. The van der Waals surface area contributed by atoms with E-state index >= 15 is 0 Å². The van der Waals surface area contributed by atoms with Crippen LogP contribution in [-0.4, -0.2) is 16.3 Å². The van der Waals surface area contributed by atoms with Gasteiger partial charge in [0.2, 0.25) is 0 Å². The Bertz CT molecular complexity index is 549. The summed E-state index contributed by atoms with van der Waals surface area (Å²) < 4.78 is 1.81. The minimum Gasteiger partial charge on any atom is -0.381 e. The number of nitrogens with zero attached hydrogens (tertiary/aromatic N) is 2. The molecule has 3 rings (SSSR count). The lowest BCUT2D eigenvalue weighted by molar-refractivity contribution is 0.761. The van der Waals surface area contributed by atoms with Gasteiger partial charge in [-0.15, -0.1) is 0 Å². The van der Waals surface area contributed by atoms with Gasteiger partial charge in [-0.1, -0.05) is 11.6 Å². The monoisotopic (exact) mass is 248 g/mol. The molecule has 2 aromatic rings. The van der Waals surface area contributed by atoms with Gasteiger partial charge in [0.05, 0.1) is 23.6 Å². The van der Waals surface area contributed by atoms with Crippen molar-refractivity contribution in [1.29, 1.82) is 0 Å². The van der Waals surface area contributed by atoms with E-state index in [1.54, 1.807) is 0 Å². The Labute approximate surface area is 105 Å². The van der Waals surface area contributed by atoms with Crippen molar-refractivity contribution in [3.8, 4) is 0 Å². The molecule has 0 radical (unpaired) electrons. The molecule has 0 saturated carbocycles. The van der Waals surface area contributed by atoms with Gasteiger partial charge in [0.1, 0.15) is 0 Å². The fourth-order valence-electron chi connectivity index (χ4n) is 2.06. The number of anilines is 2. The predicted molar refractivity (Wildman–Crippen MR) is 69.5 cm³/mol. The number of aryl methyl sites for hydroxylation is 1.